The van der Waals surface area contributed by atoms with Gasteiger partial charge in [-0.3, -0.25) is 0 Å². The van der Waals surface area contributed by atoms with E-state index in [2.05, 4.69) is 19.0 Å². The van der Waals surface area contributed by atoms with Crippen LogP contribution in [0.4, 0.5) is 0 Å². The lowest BCUT2D eigenvalue weighted by Gasteiger charge is -2.31. The highest BCUT2D eigenvalue weighted by Gasteiger charge is 2.36. The summed E-state index contributed by atoms with van der Waals surface area (Å²) in [5.41, 5.74) is 1.12. The molecule has 0 aliphatic carbocycles. The molecule has 0 unspecified atom stereocenters. The van der Waals surface area contributed by atoms with Gasteiger partial charge in [0.25, 0.3) is 0 Å². The van der Waals surface area contributed by atoms with Crippen LogP contribution < -0.4 is 4.74 Å². The van der Waals surface area contributed by atoms with E-state index in [0.29, 0.717) is 12.4 Å². The smallest absolute Gasteiger partial charge is 0.144 e. The summed E-state index contributed by atoms with van der Waals surface area (Å²) in [7, 11) is 4.11. The van der Waals surface area contributed by atoms with E-state index in [-0.39, 0.29) is 12.4 Å². The lowest BCUT2D eigenvalue weighted by atomic mass is 9.80. The summed E-state index contributed by atoms with van der Waals surface area (Å²) >= 11 is 0. The highest BCUT2D eigenvalue weighted by Crippen LogP contribution is 2.40. The fraction of sp³-hybridized carbons (Fsp3) is 0.250. The number of para-hydroxylation sites is 1. The molecule has 1 N–H and O–H groups in total. The molecule has 0 saturated heterocycles. The van der Waals surface area contributed by atoms with Gasteiger partial charge in [0.1, 0.15) is 11.4 Å². The molecule has 28 heavy (non-hydrogen) atoms. The van der Waals surface area contributed by atoms with E-state index >= 15 is 0 Å². The van der Waals surface area contributed by atoms with Crippen molar-refractivity contribution >= 4 is 12.4 Å². The fourth-order valence-corrected chi connectivity index (χ4v) is 3.29. The molecule has 0 atom stereocenters. The highest BCUT2D eigenvalue weighted by atomic mass is 35.5. The maximum atomic E-state index is 12.0. The van der Waals surface area contributed by atoms with Crippen LogP contribution in [0.2, 0.25) is 0 Å². The third kappa shape index (κ3) is 4.93. The maximum absolute atomic E-state index is 12.0. The van der Waals surface area contributed by atoms with Gasteiger partial charge in [0.05, 0.1) is 6.61 Å². The average Bonchev–Trinajstić information content (AvgIpc) is 2.72. The molecule has 0 amide bonds. The van der Waals surface area contributed by atoms with Gasteiger partial charge in [-0.1, -0.05) is 78.9 Å². The topological polar surface area (TPSA) is 32.7 Å². The number of ether oxygens (including phenoxy) is 1. The highest BCUT2D eigenvalue weighted by molar-refractivity contribution is 5.85. The second-order valence-corrected chi connectivity index (χ2v) is 6.94. The summed E-state index contributed by atoms with van der Waals surface area (Å²) in [6, 6.07) is 27.3. The Kier molecular flexibility index (Phi) is 8.06. The predicted octanol–water partition coefficient (Wildman–Crippen LogP) is 4.72. The molecular weight excluding hydrogens is 370 g/mol. The second kappa shape index (κ2) is 10.3. The van der Waals surface area contributed by atoms with Gasteiger partial charge in [0.15, 0.2) is 0 Å². The van der Waals surface area contributed by atoms with Crippen LogP contribution in [-0.4, -0.2) is 37.3 Å². The van der Waals surface area contributed by atoms with Gasteiger partial charge in [0, 0.05) is 12.1 Å². The van der Waals surface area contributed by atoms with Crippen molar-refractivity contribution in [1.82, 2.24) is 4.90 Å². The lowest BCUT2D eigenvalue weighted by Crippen LogP contribution is -2.29. The molecule has 3 aromatic carbocycles. The van der Waals surface area contributed by atoms with Crippen LogP contribution in [0.25, 0.3) is 0 Å². The zero-order chi connectivity index (χ0) is 19.1. The number of benzene rings is 3. The van der Waals surface area contributed by atoms with Crippen molar-refractivity contribution in [1.29, 1.82) is 0 Å². The largest absolute Gasteiger partial charge is 0.493 e. The molecular formula is C24H28ClNO2. The van der Waals surface area contributed by atoms with Gasteiger partial charge < -0.3 is 14.7 Å². The third-order valence-electron chi connectivity index (χ3n) is 4.67. The Morgan fingerprint density at radius 1 is 0.786 bits per heavy atom. The molecule has 0 saturated carbocycles. The van der Waals surface area contributed by atoms with Crippen molar-refractivity contribution in [2.24, 2.45) is 0 Å². The van der Waals surface area contributed by atoms with Crippen LogP contribution in [0, 0.1) is 0 Å². The molecule has 0 aliphatic heterocycles. The van der Waals surface area contributed by atoms with E-state index in [1.807, 2.05) is 84.9 Å². The molecule has 3 nitrogen and oxygen atoms in total. The molecule has 148 valence electrons. The lowest BCUT2D eigenvalue weighted by molar-refractivity contribution is 0.120. The fourth-order valence-electron chi connectivity index (χ4n) is 3.29. The zero-order valence-corrected chi connectivity index (χ0v) is 17.2. The van der Waals surface area contributed by atoms with E-state index < -0.39 is 5.60 Å². The summed E-state index contributed by atoms with van der Waals surface area (Å²) in [6.07, 6.45) is 0.927. The summed E-state index contributed by atoms with van der Waals surface area (Å²) in [5.74, 6) is 0.714. The molecule has 0 fully saturated rings. The monoisotopic (exact) mass is 397 g/mol. The van der Waals surface area contributed by atoms with Crippen molar-refractivity contribution in [3.05, 3.63) is 102 Å². The summed E-state index contributed by atoms with van der Waals surface area (Å²) in [6.45, 7) is 1.57. The van der Waals surface area contributed by atoms with Crippen molar-refractivity contribution in [3.8, 4) is 5.75 Å². The Morgan fingerprint density at radius 2 is 1.29 bits per heavy atom. The first-order valence-corrected chi connectivity index (χ1v) is 9.33. The van der Waals surface area contributed by atoms with Crippen LogP contribution in [0.15, 0.2) is 84.9 Å². The first-order chi connectivity index (χ1) is 13.1. The van der Waals surface area contributed by atoms with Crippen molar-refractivity contribution < 1.29 is 9.84 Å². The summed E-state index contributed by atoms with van der Waals surface area (Å²) in [4.78, 5) is 2.14. The van der Waals surface area contributed by atoms with Gasteiger partial charge in [-0.2, -0.15) is 0 Å². The maximum Gasteiger partial charge on any atom is 0.144 e. The molecule has 0 spiro atoms. The zero-order valence-electron chi connectivity index (χ0n) is 16.4. The van der Waals surface area contributed by atoms with Gasteiger partial charge in [0.2, 0.25) is 0 Å². The number of hydrogen-bond acceptors (Lipinski definition) is 3. The van der Waals surface area contributed by atoms with Gasteiger partial charge in [-0.15, -0.1) is 12.4 Å². The Balaban J connectivity index is 0.00000280. The molecule has 0 radical (unpaired) electrons. The van der Waals surface area contributed by atoms with E-state index in [1.54, 1.807) is 0 Å². The normalized spacial score (nSPS) is 11.1. The first-order valence-electron chi connectivity index (χ1n) is 9.33. The second-order valence-electron chi connectivity index (χ2n) is 6.94. The first kappa shape index (κ1) is 22.0. The number of hydrogen-bond donors (Lipinski definition) is 1. The predicted molar refractivity (Wildman–Crippen MR) is 117 cm³/mol. The van der Waals surface area contributed by atoms with Gasteiger partial charge in [-0.05, 0) is 37.7 Å². The standard InChI is InChI=1S/C24H27NO2.ClH/c1-25(2)18-11-19-27-23-17-10-9-16-22(23)24(26,20-12-5-3-6-13-20)21-14-7-4-8-15-21;/h3-10,12-17,26H,11,18-19H2,1-2H3;1H. The third-order valence-corrected chi connectivity index (χ3v) is 4.67. The van der Waals surface area contributed by atoms with E-state index in [1.165, 1.54) is 0 Å². The van der Waals surface area contributed by atoms with Gasteiger partial charge >= 0.3 is 0 Å². The molecule has 3 aromatic rings. The molecule has 0 bridgehead atoms. The van der Waals surface area contributed by atoms with Crippen LogP contribution in [-0.2, 0) is 5.60 Å². The number of aliphatic hydroxyl groups is 1. The minimum atomic E-state index is -1.28. The van der Waals surface area contributed by atoms with Crippen LogP contribution in [0.5, 0.6) is 5.75 Å². The van der Waals surface area contributed by atoms with Crippen molar-refractivity contribution in [3.63, 3.8) is 0 Å². The van der Waals surface area contributed by atoms with Crippen LogP contribution in [0.1, 0.15) is 23.1 Å². The van der Waals surface area contributed by atoms with E-state index in [4.69, 9.17) is 4.74 Å². The summed E-state index contributed by atoms with van der Waals surface area (Å²) in [5, 5.41) is 12.0. The molecule has 3 rings (SSSR count). The Morgan fingerprint density at radius 3 is 1.82 bits per heavy atom. The Bertz CT molecular complexity index is 798. The summed E-state index contributed by atoms with van der Waals surface area (Å²) < 4.78 is 6.09. The van der Waals surface area contributed by atoms with Gasteiger partial charge in [-0.25, -0.2) is 0 Å². The van der Waals surface area contributed by atoms with Crippen molar-refractivity contribution in [2.45, 2.75) is 12.0 Å². The molecule has 0 aromatic heterocycles. The van der Waals surface area contributed by atoms with Crippen LogP contribution >= 0.6 is 12.4 Å². The number of nitrogens with zero attached hydrogens (tertiary/aromatic N) is 1. The molecule has 4 heteroatoms. The minimum Gasteiger partial charge on any atom is -0.493 e. The number of rotatable bonds is 8. The Hall–Kier alpha value is -2.33. The quantitative estimate of drug-likeness (QED) is 0.441. The van der Waals surface area contributed by atoms with E-state index in [0.717, 1.165) is 29.7 Å². The van der Waals surface area contributed by atoms with E-state index in [9.17, 15) is 5.11 Å². The SMILES string of the molecule is CN(C)CCCOc1ccccc1C(O)(c1ccccc1)c1ccccc1.Cl. The Labute approximate surface area is 174 Å². The minimum absolute atomic E-state index is 0. The van der Waals surface area contributed by atoms with Crippen molar-refractivity contribution in [2.75, 3.05) is 27.2 Å². The molecule has 0 heterocycles. The average molecular weight is 398 g/mol. The van der Waals surface area contributed by atoms with Crippen LogP contribution in [0.3, 0.4) is 0 Å². The number of halogens is 1. The molecule has 0 aliphatic rings.